The SMILES string of the molecule is NS(=O)(=O)c1ccccc1NC(=O)OC1CCCC1. The largest absolute Gasteiger partial charge is 0.446 e. The second kappa shape index (κ2) is 5.58. The smallest absolute Gasteiger partial charge is 0.411 e. The summed E-state index contributed by atoms with van der Waals surface area (Å²) < 4.78 is 27.9. The minimum atomic E-state index is -3.88. The first-order valence-corrected chi connectivity index (χ1v) is 7.61. The standard InChI is InChI=1S/C12H16N2O4S/c13-19(16,17)11-8-4-3-7-10(11)14-12(15)18-9-5-1-2-6-9/h3-4,7-9H,1-2,5-6H2,(H,14,15)(H2,13,16,17). The van der Waals surface area contributed by atoms with Crippen LogP contribution in [0.25, 0.3) is 0 Å². The lowest BCUT2D eigenvalue weighted by atomic mass is 10.3. The van der Waals surface area contributed by atoms with Crippen molar-refractivity contribution >= 4 is 21.8 Å². The molecule has 3 N–H and O–H groups in total. The van der Waals surface area contributed by atoms with Gasteiger partial charge in [0.2, 0.25) is 10.0 Å². The second-order valence-electron chi connectivity index (χ2n) is 4.48. The molecule has 6 nitrogen and oxygen atoms in total. The minimum Gasteiger partial charge on any atom is -0.446 e. The molecule has 0 radical (unpaired) electrons. The molecule has 1 fully saturated rings. The fraction of sp³-hybridized carbons (Fsp3) is 0.417. The predicted octanol–water partition coefficient (Wildman–Crippen LogP) is 1.83. The third-order valence-electron chi connectivity index (χ3n) is 3.01. The molecule has 0 spiro atoms. The first kappa shape index (κ1) is 13.8. The van der Waals surface area contributed by atoms with Crippen LogP contribution in [0.3, 0.4) is 0 Å². The van der Waals surface area contributed by atoms with Gasteiger partial charge in [-0.1, -0.05) is 12.1 Å². The van der Waals surface area contributed by atoms with E-state index in [4.69, 9.17) is 9.88 Å². The Balaban J connectivity index is 2.08. The lowest BCUT2D eigenvalue weighted by Crippen LogP contribution is -2.22. The molecule has 1 aromatic rings. The van der Waals surface area contributed by atoms with Gasteiger partial charge in [-0.25, -0.2) is 18.4 Å². The molecule has 0 aromatic heterocycles. The van der Waals surface area contributed by atoms with E-state index in [1.54, 1.807) is 6.07 Å². The van der Waals surface area contributed by atoms with E-state index in [0.29, 0.717) is 0 Å². The molecule has 0 bridgehead atoms. The quantitative estimate of drug-likeness (QED) is 0.884. The van der Waals surface area contributed by atoms with Crippen LogP contribution in [-0.4, -0.2) is 20.6 Å². The van der Waals surface area contributed by atoms with Gasteiger partial charge in [0.1, 0.15) is 11.0 Å². The summed E-state index contributed by atoms with van der Waals surface area (Å²) in [5.74, 6) is 0. The van der Waals surface area contributed by atoms with Gasteiger partial charge in [-0.2, -0.15) is 0 Å². The molecule has 19 heavy (non-hydrogen) atoms. The van der Waals surface area contributed by atoms with Crippen molar-refractivity contribution in [1.29, 1.82) is 0 Å². The Morgan fingerprint density at radius 1 is 1.26 bits per heavy atom. The van der Waals surface area contributed by atoms with Gasteiger partial charge in [-0.05, 0) is 37.8 Å². The van der Waals surface area contributed by atoms with Crippen molar-refractivity contribution < 1.29 is 17.9 Å². The summed E-state index contributed by atoms with van der Waals surface area (Å²) in [6.45, 7) is 0. The third-order valence-corrected chi connectivity index (χ3v) is 3.98. The molecule has 1 saturated carbocycles. The van der Waals surface area contributed by atoms with Crippen LogP contribution >= 0.6 is 0 Å². The molecule has 0 atom stereocenters. The zero-order valence-electron chi connectivity index (χ0n) is 10.3. The van der Waals surface area contributed by atoms with E-state index in [2.05, 4.69) is 5.32 Å². The lowest BCUT2D eigenvalue weighted by Gasteiger charge is -2.13. The van der Waals surface area contributed by atoms with Gasteiger partial charge in [-0.15, -0.1) is 0 Å². The average Bonchev–Trinajstić information content (AvgIpc) is 2.81. The highest BCUT2D eigenvalue weighted by atomic mass is 32.2. The number of ether oxygens (including phenoxy) is 1. The number of benzene rings is 1. The van der Waals surface area contributed by atoms with Gasteiger partial charge < -0.3 is 4.74 Å². The number of primary sulfonamides is 1. The Hall–Kier alpha value is -1.60. The van der Waals surface area contributed by atoms with Crippen molar-refractivity contribution in [2.45, 2.75) is 36.7 Å². The van der Waals surface area contributed by atoms with Crippen molar-refractivity contribution in [3.05, 3.63) is 24.3 Å². The fourth-order valence-corrected chi connectivity index (χ4v) is 2.81. The number of rotatable bonds is 3. The number of carbonyl (C=O) groups is 1. The first-order chi connectivity index (χ1) is 8.97. The summed E-state index contributed by atoms with van der Waals surface area (Å²) in [5.41, 5.74) is 0.132. The van der Waals surface area contributed by atoms with E-state index in [9.17, 15) is 13.2 Å². The number of hydrogen-bond donors (Lipinski definition) is 2. The van der Waals surface area contributed by atoms with E-state index < -0.39 is 16.1 Å². The van der Waals surface area contributed by atoms with Crippen molar-refractivity contribution in [2.75, 3.05) is 5.32 Å². The molecule has 0 aliphatic heterocycles. The van der Waals surface area contributed by atoms with Crippen molar-refractivity contribution in [3.63, 3.8) is 0 Å². The number of nitrogens with two attached hydrogens (primary N) is 1. The Morgan fingerprint density at radius 3 is 2.53 bits per heavy atom. The number of anilines is 1. The highest BCUT2D eigenvalue weighted by molar-refractivity contribution is 7.89. The molecule has 0 heterocycles. The van der Waals surface area contributed by atoms with Crippen molar-refractivity contribution in [2.24, 2.45) is 5.14 Å². The Bertz CT molecular complexity index is 565. The maximum Gasteiger partial charge on any atom is 0.411 e. The Morgan fingerprint density at radius 2 is 1.89 bits per heavy atom. The van der Waals surface area contributed by atoms with Gasteiger partial charge in [0.05, 0.1) is 5.69 Å². The molecule has 1 aliphatic rings. The highest BCUT2D eigenvalue weighted by Crippen LogP contribution is 2.23. The summed E-state index contributed by atoms with van der Waals surface area (Å²) in [7, 11) is -3.88. The van der Waals surface area contributed by atoms with E-state index in [1.807, 2.05) is 0 Å². The van der Waals surface area contributed by atoms with E-state index in [-0.39, 0.29) is 16.7 Å². The maximum atomic E-state index is 11.7. The van der Waals surface area contributed by atoms with Crippen LogP contribution in [0.4, 0.5) is 10.5 Å². The van der Waals surface area contributed by atoms with Crippen LogP contribution in [-0.2, 0) is 14.8 Å². The molecule has 0 unspecified atom stereocenters. The molecule has 2 rings (SSSR count). The predicted molar refractivity (Wildman–Crippen MR) is 70.2 cm³/mol. The highest BCUT2D eigenvalue weighted by Gasteiger charge is 2.21. The second-order valence-corrected chi connectivity index (χ2v) is 6.01. The molecule has 1 aliphatic carbocycles. The minimum absolute atomic E-state index is 0.0818. The van der Waals surface area contributed by atoms with Crippen LogP contribution in [0.2, 0.25) is 0 Å². The van der Waals surface area contributed by atoms with Crippen molar-refractivity contribution in [1.82, 2.24) is 0 Å². The van der Waals surface area contributed by atoms with Gasteiger partial charge in [-0.3, -0.25) is 5.32 Å². The van der Waals surface area contributed by atoms with Gasteiger partial charge in [0, 0.05) is 0 Å². The molecule has 1 amide bonds. The molecule has 0 saturated heterocycles. The first-order valence-electron chi connectivity index (χ1n) is 6.06. The normalized spacial score (nSPS) is 16.3. The van der Waals surface area contributed by atoms with Crippen LogP contribution in [0.1, 0.15) is 25.7 Å². The fourth-order valence-electron chi connectivity index (χ4n) is 2.12. The third kappa shape index (κ3) is 3.68. The summed E-state index contributed by atoms with van der Waals surface area (Å²) in [6, 6.07) is 5.95. The molecule has 7 heteroatoms. The number of para-hydroxylation sites is 1. The summed E-state index contributed by atoms with van der Waals surface area (Å²) in [6.07, 6.45) is 3.07. The van der Waals surface area contributed by atoms with E-state index in [0.717, 1.165) is 25.7 Å². The van der Waals surface area contributed by atoms with E-state index >= 15 is 0 Å². The molecule has 104 valence electrons. The van der Waals surface area contributed by atoms with Crippen LogP contribution in [0.5, 0.6) is 0 Å². The van der Waals surface area contributed by atoms with Crippen molar-refractivity contribution in [3.8, 4) is 0 Å². The molecule has 1 aromatic carbocycles. The number of sulfonamides is 1. The Labute approximate surface area is 112 Å². The molecular weight excluding hydrogens is 268 g/mol. The average molecular weight is 284 g/mol. The van der Waals surface area contributed by atoms with Crippen LogP contribution in [0, 0.1) is 0 Å². The maximum absolute atomic E-state index is 11.7. The number of amides is 1. The summed E-state index contributed by atoms with van der Waals surface area (Å²) in [5, 5.41) is 7.50. The van der Waals surface area contributed by atoms with Gasteiger partial charge in [0.25, 0.3) is 0 Å². The molecular formula is C12H16N2O4S. The number of carbonyl (C=O) groups excluding carboxylic acids is 1. The topological polar surface area (TPSA) is 98.5 Å². The monoisotopic (exact) mass is 284 g/mol. The Kier molecular flexibility index (Phi) is 4.06. The zero-order chi connectivity index (χ0) is 13.9. The summed E-state index contributed by atoms with van der Waals surface area (Å²) >= 11 is 0. The lowest BCUT2D eigenvalue weighted by molar-refractivity contribution is 0.114. The van der Waals surface area contributed by atoms with E-state index in [1.165, 1.54) is 18.2 Å². The van der Waals surface area contributed by atoms with Crippen LogP contribution in [0.15, 0.2) is 29.2 Å². The summed E-state index contributed by atoms with van der Waals surface area (Å²) in [4.78, 5) is 11.6. The van der Waals surface area contributed by atoms with Gasteiger partial charge >= 0.3 is 6.09 Å². The zero-order valence-corrected chi connectivity index (χ0v) is 11.2. The number of hydrogen-bond acceptors (Lipinski definition) is 4. The number of nitrogens with one attached hydrogen (secondary N) is 1. The van der Waals surface area contributed by atoms with Crippen LogP contribution < -0.4 is 10.5 Å². The van der Waals surface area contributed by atoms with Gasteiger partial charge in [0.15, 0.2) is 0 Å².